The van der Waals surface area contributed by atoms with Crippen LogP contribution in [0.25, 0.3) is 72.7 Å². The first-order chi connectivity index (χ1) is 28.8. The zero-order chi connectivity index (χ0) is 43.6. The molecule has 0 saturated carbocycles. The number of imidazole rings is 1. The molecule has 0 fully saturated rings. The first-order valence-corrected chi connectivity index (χ1v) is 20.5. The van der Waals surface area contributed by atoms with Gasteiger partial charge in [-0.15, -0.1) is 29.3 Å². The minimum atomic E-state index is -1.53. The number of hydrogen-bond acceptors (Lipinski definition) is 3. The number of aromatic hydroxyl groups is 1. The molecule has 0 unspecified atom stereocenters. The number of nitrogens with zero attached hydrogens (tertiary/aromatic N) is 3. The van der Waals surface area contributed by atoms with Gasteiger partial charge in [-0.1, -0.05) is 140 Å². The Bertz CT molecular complexity index is 2950. The summed E-state index contributed by atoms with van der Waals surface area (Å²) in [5.41, 5.74) is 10.0. The van der Waals surface area contributed by atoms with E-state index in [1.165, 1.54) is 0 Å². The minimum Gasteiger partial charge on any atom is -0.507 e. The van der Waals surface area contributed by atoms with Gasteiger partial charge in [0.25, 0.3) is 0 Å². The van der Waals surface area contributed by atoms with Crippen LogP contribution in [-0.4, -0.2) is 19.6 Å². The second kappa shape index (κ2) is 16.5. The summed E-state index contributed by atoms with van der Waals surface area (Å²) in [4.78, 5) is 10.2. The van der Waals surface area contributed by atoms with Gasteiger partial charge in [-0.25, -0.2) is 18.2 Å². The number of hydrogen-bond donors (Lipinski definition) is 1. The van der Waals surface area contributed by atoms with Crippen LogP contribution in [0.2, 0.25) is 0 Å². The molecule has 8 rings (SSSR count). The molecule has 0 aliphatic carbocycles. The van der Waals surface area contributed by atoms with E-state index in [9.17, 15) is 9.50 Å². The number of para-hydroxylation sites is 2. The second-order valence-corrected chi connectivity index (χ2v) is 18.9. The number of rotatable bonds is 6. The van der Waals surface area contributed by atoms with Gasteiger partial charge in [-0.2, -0.15) is 0 Å². The molecule has 0 aliphatic rings. The van der Waals surface area contributed by atoms with E-state index in [4.69, 9.17) is 9.97 Å². The van der Waals surface area contributed by atoms with Crippen molar-refractivity contribution >= 4 is 11.0 Å². The van der Waals surface area contributed by atoms with E-state index < -0.39 is 22.9 Å². The van der Waals surface area contributed by atoms with Crippen LogP contribution in [0.1, 0.15) is 79.0 Å². The van der Waals surface area contributed by atoms with Crippen molar-refractivity contribution in [3.8, 4) is 67.5 Å². The fraction of sp³-hybridized carbons (Fsp3) is 0.222. The van der Waals surface area contributed by atoms with Crippen LogP contribution in [0.4, 0.5) is 13.2 Å². The molecule has 318 valence electrons. The van der Waals surface area contributed by atoms with Gasteiger partial charge in [0.05, 0.1) is 22.3 Å². The molecule has 4 nitrogen and oxygen atoms in total. The average molecular weight is 1010 g/mol. The quantitative estimate of drug-likeness (QED) is 0.133. The Balaban J connectivity index is 0.00000578. The van der Waals surface area contributed by atoms with Crippen molar-refractivity contribution in [1.29, 1.82) is 0 Å². The van der Waals surface area contributed by atoms with Crippen molar-refractivity contribution in [1.82, 2.24) is 14.5 Å². The number of pyridine rings is 1. The van der Waals surface area contributed by atoms with Crippen molar-refractivity contribution in [2.75, 3.05) is 0 Å². The van der Waals surface area contributed by atoms with Gasteiger partial charge in [0.2, 0.25) is 0 Å². The molecule has 0 spiro atoms. The van der Waals surface area contributed by atoms with Crippen LogP contribution in [-0.2, 0) is 37.3 Å². The normalized spacial score (nSPS) is 12.1. The van der Waals surface area contributed by atoms with E-state index in [-0.39, 0.29) is 43.2 Å². The maximum absolute atomic E-state index is 15.1. The van der Waals surface area contributed by atoms with Crippen molar-refractivity contribution in [3.63, 3.8) is 0 Å². The van der Waals surface area contributed by atoms with E-state index >= 15 is 8.78 Å². The van der Waals surface area contributed by atoms with Crippen LogP contribution in [0.5, 0.6) is 5.75 Å². The minimum absolute atomic E-state index is 0. The first kappa shape index (κ1) is 44.3. The van der Waals surface area contributed by atoms with Crippen molar-refractivity contribution in [2.45, 2.75) is 78.6 Å². The predicted octanol–water partition coefficient (Wildman–Crippen LogP) is 14.6. The molecule has 0 atom stereocenters. The summed E-state index contributed by atoms with van der Waals surface area (Å²) in [7, 11) is 0. The standard InChI is InChI=1S/C54H49F3N3O.Pt/c1-52(2,3)37-21-22-46(41(31-37)35-28-43(55)48(57)44(56)29-35)60-47-20-14-17-39(49(47)59-51(60)40-18-13-19-42(50(40)61)54(7,8)9)34-25-36(27-38(26-34)53(4,5)6)45-30-33(23-24-58-45)32-15-11-10-12-16-32;/h10-24,26-31,61H,1-9H3;/q-1;. The van der Waals surface area contributed by atoms with Gasteiger partial charge in [0.15, 0.2) is 17.5 Å². The Morgan fingerprint density at radius 1 is 0.565 bits per heavy atom. The number of halogens is 3. The summed E-state index contributed by atoms with van der Waals surface area (Å²) in [6.45, 7) is 18.8. The van der Waals surface area contributed by atoms with Crippen molar-refractivity contribution in [2.24, 2.45) is 0 Å². The van der Waals surface area contributed by atoms with Gasteiger partial charge >= 0.3 is 0 Å². The molecular formula is C54H49F3N3OPt-. The molecule has 8 aromatic rings. The van der Waals surface area contributed by atoms with Gasteiger partial charge in [0, 0.05) is 38.5 Å². The summed E-state index contributed by atoms with van der Waals surface area (Å²) < 4.78 is 46.6. The Morgan fingerprint density at radius 3 is 1.87 bits per heavy atom. The van der Waals surface area contributed by atoms with Gasteiger partial charge in [-0.3, -0.25) is 9.55 Å². The van der Waals surface area contributed by atoms with E-state index in [2.05, 4.69) is 77.9 Å². The van der Waals surface area contributed by atoms with Crippen LogP contribution in [0.3, 0.4) is 0 Å². The topological polar surface area (TPSA) is 50.9 Å². The van der Waals surface area contributed by atoms with E-state index in [0.29, 0.717) is 33.7 Å². The number of benzene rings is 6. The summed E-state index contributed by atoms with van der Waals surface area (Å²) in [6.07, 6.45) is 1.82. The van der Waals surface area contributed by atoms with E-state index in [1.54, 1.807) is 0 Å². The first-order valence-electron chi connectivity index (χ1n) is 20.5. The summed E-state index contributed by atoms with van der Waals surface area (Å²) >= 11 is 0. The van der Waals surface area contributed by atoms with Gasteiger partial charge in [0.1, 0.15) is 11.6 Å². The van der Waals surface area contributed by atoms with Crippen molar-refractivity contribution < 1.29 is 39.3 Å². The third-order valence-electron chi connectivity index (χ3n) is 11.3. The molecule has 0 aliphatic heterocycles. The van der Waals surface area contributed by atoms with Crippen LogP contribution in [0, 0.1) is 23.5 Å². The molecule has 1 N–H and O–H groups in total. The largest absolute Gasteiger partial charge is 0.507 e. The van der Waals surface area contributed by atoms with Gasteiger partial charge in [-0.05, 0) is 86.5 Å². The summed E-state index contributed by atoms with van der Waals surface area (Å²) in [5.74, 6) is -3.61. The maximum Gasteiger partial charge on any atom is 0.194 e. The Morgan fingerprint density at radius 2 is 1.21 bits per heavy atom. The van der Waals surface area contributed by atoms with Gasteiger partial charge < -0.3 is 5.11 Å². The molecule has 62 heavy (non-hydrogen) atoms. The molecule has 8 heteroatoms. The zero-order valence-corrected chi connectivity index (χ0v) is 38.6. The van der Waals surface area contributed by atoms with E-state index in [0.717, 1.165) is 62.3 Å². The Hall–Kier alpha value is -5.78. The molecule has 0 bridgehead atoms. The van der Waals surface area contributed by atoms with Crippen LogP contribution < -0.4 is 0 Å². The van der Waals surface area contributed by atoms with Crippen LogP contribution in [0.15, 0.2) is 128 Å². The zero-order valence-electron chi connectivity index (χ0n) is 36.4. The summed E-state index contributed by atoms with van der Waals surface area (Å²) in [6, 6.07) is 41.7. The SMILES string of the molecule is CC(C)(C)c1cc(-c2cc(-c3ccccc3)ccn2)[c-]c(-c2cccc3c2nc(-c2cccc(C(C)(C)C)c2O)n3-c2ccc(C(C)(C)C)cc2-c2cc(F)c(F)c(F)c2)c1.[Pt]. The van der Waals surface area contributed by atoms with Crippen molar-refractivity contribution in [3.05, 3.63) is 168 Å². The molecule has 0 radical (unpaired) electrons. The molecule has 2 aromatic heterocycles. The predicted molar refractivity (Wildman–Crippen MR) is 243 cm³/mol. The smallest absolute Gasteiger partial charge is 0.194 e. The maximum atomic E-state index is 15.1. The molecular weight excluding hydrogens is 959 g/mol. The third kappa shape index (κ3) is 8.40. The number of aromatic nitrogens is 3. The molecule has 0 saturated heterocycles. The fourth-order valence-corrected chi connectivity index (χ4v) is 7.88. The Kier molecular flexibility index (Phi) is 11.8. The molecule has 2 heterocycles. The summed E-state index contributed by atoms with van der Waals surface area (Å²) in [5, 5.41) is 12.1. The molecule has 0 amide bonds. The number of phenols is 1. The molecule has 6 aromatic carbocycles. The number of phenolic OH excluding ortho intramolecular Hbond substituents is 1. The van der Waals surface area contributed by atoms with Crippen LogP contribution >= 0.6 is 0 Å². The Labute approximate surface area is 376 Å². The third-order valence-corrected chi connectivity index (χ3v) is 11.3. The average Bonchev–Trinajstić information content (AvgIpc) is 3.61. The monoisotopic (exact) mass is 1010 g/mol. The fourth-order valence-electron chi connectivity index (χ4n) is 7.88. The van der Waals surface area contributed by atoms with E-state index in [1.807, 2.05) is 110 Å². The number of fused-ring (bicyclic) bond motifs is 1. The second-order valence-electron chi connectivity index (χ2n) is 18.9.